The average molecular weight is 353 g/mol. The number of hydrogen-bond acceptors (Lipinski definition) is 3. The first-order valence-corrected chi connectivity index (χ1v) is 10.7. The topological polar surface area (TPSA) is 40.6 Å². The van der Waals surface area contributed by atoms with Crippen LogP contribution in [0.3, 0.4) is 0 Å². The van der Waals surface area contributed by atoms with E-state index in [4.69, 9.17) is 0 Å². The van der Waals surface area contributed by atoms with Crippen LogP contribution in [0.4, 0.5) is 0 Å². The second-order valence-corrected chi connectivity index (χ2v) is 9.56. The van der Waals surface area contributed by atoms with Gasteiger partial charge in [-0.3, -0.25) is 9.59 Å². The summed E-state index contributed by atoms with van der Waals surface area (Å²) in [5.41, 5.74) is 0. The molecule has 3 fully saturated rings. The highest BCUT2D eigenvalue weighted by Crippen LogP contribution is 2.44. The predicted molar refractivity (Wildman–Crippen MR) is 98.7 cm³/mol. The number of likely N-dealkylation sites (tertiary alicyclic amines) is 1. The lowest BCUT2D eigenvalue weighted by atomic mass is 9.87. The molecule has 4 nitrogen and oxygen atoms in total. The van der Waals surface area contributed by atoms with E-state index in [9.17, 15) is 9.59 Å². The fourth-order valence-corrected chi connectivity index (χ4v) is 5.99. The Balaban J connectivity index is 1.58. The number of hydrogen-bond donors (Lipinski definition) is 0. The van der Waals surface area contributed by atoms with Crippen LogP contribution in [0.15, 0.2) is 0 Å². The summed E-state index contributed by atoms with van der Waals surface area (Å²) in [6.07, 6.45) is 8.40. The molecule has 0 radical (unpaired) electrons. The Hall–Kier alpha value is -0.710. The fraction of sp³-hybridized carbons (Fsp3) is 0.895. The molecule has 3 aliphatic rings. The van der Waals surface area contributed by atoms with Gasteiger partial charge in [0.05, 0.1) is 4.87 Å². The highest BCUT2D eigenvalue weighted by atomic mass is 32.2. The van der Waals surface area contributed by atoms with Gasteiger partial charge in [-0.1, -0.05) is 33.1 Å². The Labute approximate surface area is 150 Å². The second kappa shape index (κ2) is 7.67. The molecule has 0 bridgehead atoms. The number of piperidine rings is 1. The lowest BCUT2D eigenvalue weighted by Gasteiger charge is -2.45. The Kier molecular flexibility index (Phi) is 5.78. The molecule has 1 spiro atoms. The molecular formula is C19H32N2O2S. The third-order valence-corrected chi connectivity index (χ3v) is 7.42. The summed E-state index contributed by atoms with van der Waals surface area (Å²) < 4.78 is 0. The van der Waals surface area contributed by atoms with Crippen molar-refractivity contribution in [2.24, 2.45) is 11.8 Å². The van der Waals surface area contributed by atoms with Crippen molar-refractivity contribution in [1.82, 2.24) is 9.80 Å². The second-order valence-electron chi connectivity index (χ2n) is 8.10. The highest BCUT2D eigenvalue weighted by Gasteiger charge is 2.47. The van der Waals surface area contributed by atoms with Crippen molar-refractivity contribution in [2.75, 3.05) is 25.4 Å². The molecule has 2 amide bonds. The Morgan fingerprint density at radius 2 is 1.75 bits per heavy atom. The van der Waals surface area contributed by atoms with Crippen molar-refractivity contribution in [3.05, 3.63) is 0 Å². The van der Waals surface area contributed by atoms with Gasteiger partial charge >= 0.3 is 0 Å². The monoisotopic (exact) mass is 352 g/mol. The van der Waals surface area contributed by atoms with Crippen LogP contribution in [0.25, 0.3) is 0 Å². The maximum absolute atomic E-state index is 12.8. The summed E-state index contributed by atoms with van der Waals surface area (Å²) in [5, 5.41) is 0. The van der Waals surface area contributed by atoms with E-state index >= 15 is 0 Å². The van der Waals surface area contributed by atoms with Gasteiger partial charge in [-0.05, 0) is 31.6 Å². The molecule has 3 rings (SSSR count). The Morgan fingerprint density at radius 1 is 1.08 bits per heavy atom. The van der Waals surface area contributed by atoms with Gasteiger partial charge in [0.1, 0.15) is 0 Å². The zero-order chi connectivity index (χ0) is 17.2. The van der Waals surface area contributed by atoms with Gasteiger partial charge in [-0.2, -0.15) is 0 Å². The molecule has 0 N–H and O–H groups in total. The lowest BCUT2D eigenvalue weighted by molar-refractivity contribution is -0.140. The van der Waals surface area contributed by atoms with Crippen molar-refractivity contribution < 1.29 is 9.59 Å². The van der Waals surface area contributed by atoms with E-state index in [-0.39, 0.29) is 10.8 Å². The number of carbonyl (C=O) groups excluding carboxylic acids is 2. The molecule has 0 atom stereocenters. The molecule has 1 saturated carbocycles. The zero-order valence-electron chi connectivity index (χ0n) is 15.3. The summed E-state index contributed by atoms with van der Waals surface area (Å²) in [4.78, 5) is 29.6. The van der Waals surface area contributed by atoms with Crippen LogP contribution >= 0.6 is 11.8 Å². The molecular weight excluding hydrogens is 320 g/mol. The standard InChI is InChI=1S/C19H32N2O2S/c1-15(2)14-17(22)21-12-13-24-19(21)8-10-20(11-9-19)18(23)16-6-4-3-5-7-16/h15-16H,3-14H2,1-2H3. The van der Waals surface area contributed by atoms with Gasteiger partial charge in [0.25, 0.3) is 0 Å². The molecule has 136 valence electrons. The Bertz CT molecular complexity index is 466. The van der Waals surface area contributed by atoms with E-state index in [0.717, 1.165) is 51.1 Å². The van der Waals surface area contributed by atoms with Crippen LogP contribution in [-0.4, -0.2) is 51.9 Å². The van der Waals surface area contributed by atoms with Crippen LogP contribution in [0, 0.1) is 11.8 Å². The highest BCUT2D eigenvalue weighted by molar-refractivity contribution is 8.00. The molecule has 24 heavy (non-hydrogen) atoms. The van der Waals surface area contributed by atoms with Crippen molar-refractivity contribution in [3.63, 3.8) is 0 Å². The molecule has 0 aromatic carbocycles. The summed E-state index contributed by atoms with van der Waals surface area (Å²) in [5.74, 6) is 2.41. The number of carbonyl (C=O) groups is 2. The van der Waals surface area contributed by atoms with Gasteiger partial charge in [-0.15, -0.1) is 11.8 Å². The Morgan fingerprint density at radius 3 is 2.38 bits per heavy atom. The van der Waals surface area contributed by atoms with E-state index < -0.39 is 0 Å². The van der Waals surface area contributed by atoms with E-state index in [1.54, 1.807) is 0 Å². The molecule has 5 heteroatoms. The van der Waals surface area contributed by atoms with Gasteiger partial charge in [0.15, 0.2) is 0 Å². The molecule has 0 unspecified atom stereocenters. The van der Waals surface area contributed by atoms with Crippen molar-refractivity contribution in [2.45, 2.75) is 70.1 Å². The molecule has 0 aromatic heterocycles. The van der Waals surface area contributed by atoms with Gasteiger partial charge in [0.2, 0.25) is 11.8 Å². The maximum Gasteiger partial charge on any atom is 0.225 e. The minimum Gasteiger partial charge on any atom is -0.342 e. The first-order chi connectivity index (χ1) is 11.5. The maximum atomic E-state index is 12.8. The number of thioether (sulfide) groups is 1. The van der Waals surface area contributed by atoms with Gasteiger partial charge < -0.3 is 9.80 Å². The van der Waals surface area contributed by atoms with Crippen molar-refractivity contribution in [1.29, 1.82) is 0 Å². The normalized spacial score (nSPS) is 24.8. The number of amides is 2. The van der Waals surface area contributed by atoms with Gasteiger partial charge in [0, 0.05) is 37.7 Å². The first-order valence-electron chi connectivity index (χ1n) is 9.75. The molecule has 2 aliphatic heterocycles. The number of nitrogens with zero attached hydrogens (tertiary/aromatic N) is 2. The third kappa shape index (κ3) is 3.76. The minimum absolute atomic E-state index is 0.0324. The summed E-state index contributed by atoms with van der Waals surface area (Å²) >= 11 is 1.95. The quantitative estimate of drug-likeness (QED) is 0.780. The predicted octanol–water partition coefficient (Wildman–Crippen LogP) is 3.51. The van der Waals surface area contributed by atoms with Crippen LogP contribution in [0.1, 0.15) is 65.2 Å². The van der Waals surface area contributed by atoms with Gasteiger partial charge in [-0.25, -0.2) is 0 Å². The summed E-state index contributed by atoms with van der Waals surface area (Å²) in [6.45, 7) is 6.76. The molecule has 2 heterocycles. The largest absolute Gasteiger partial charge is 0.342 e. The van der Waals surface area contributed by atoms with Crippen molar-refractivity contribution in [3.8, 4) is 0 Å². The third-order valence-electron chi connectivity index (χ3n) is 5.87. The summed E-state index contributed by atoms with van der Waals surface area (Å²) in [6, 6.07) is 0. The lowest BCUT2D eigenvalue weighted by Crippen LogP contribution is -2.54. The molecule has 1 aliphatic carbocycles. The average Bonchev–Trinajstić information content (AvgIpc) is 2.98. The van der Waals surface area contributed by atoms with Crippen LogP contribution in [0.2, 0.25) is 0 Å². The van der Waals surface area contributed by atoms with E-state index in [2.05, 4.69) is 23.6 Å². The summed E-state index contributed by atoms with van der Waals surface area (Å²) in [7, 11) is 0. The van der Waals surface area contributed by atoms with Crippen LogP contribution in [-0.2, 0) is 9.59 Å². The van der Waals surface area contributed by atoms with Crippen LogP contribution < -0.4 is 0 Å². The fourth-order valence-electron chi connectivity index (χ4n) is 4.52. The SMILES string of the molecule is CC(C)CC(=O)N1CCSC12CCN(C(=O)C1CCCCC1)CC2. The van der Waals surface area contributed by atoms with Crippen LogP contribution in [0.5, 0.6) is 0 Å². The molecule has 2 saturated heterocycles. The smallest absolute Gasteiger partial charge is 0.225 e. The number of rotatable bonds is 3. The minimum atomic E-state index is -0.0324. The first kappa shape index (κ1) is 18.1. The molecule has 0 aromatic rings. The van der Waals surface area contributed by atoms with E-state index in [0.29, 0.717) is 24.2 Å². The zero-order valence-corrected chi connectivity index (χ0v) is 16.1. The van der Waals surface area contributed by atoms with E-state index in [1.807, 2.05) is 11.8 Å². The van der Waals surface area contributed by atoms with E-state index in [1.165, 1.54) is 19.3 Å². The van der Waals surface area contributed by atoms with Crippen molar-refractivity contribution >= 4 is 23.6 Å².